The van der Waals surface area contributed by atoms with E-state index in [4.69, 9.17) is 0 Å². The molecule has 6 nitrogen and oxygen atoms in total. The van der Waals surface area contributed by atoms with E-state index >= 15 is 0 Å². The number of nitrogens with zero attached hydrogens (tertiary/aromatic N) is 4. The Morgan fingerprint density at radius 2 is 2.08 bits per heavy atom. The maximum atomic E-state index is 4.58. The first-order valence-electron chi connectivity index (χ1n) is 8.61. The zero-order valence-corrected chi connectivity index (χ0v) is 16.2. The highest BCUT2D eigenvalue weighted by Gasteiger charge is 2.06. The molecule has 1 aromatic carbocycles. The molecule has 2 heterocycles. The second-order valence-electron chi connectivity index (χ2n) is 5.95. The van der Waals surface area contributed by atoms with Gasteiger partial charge in [-0.1, -0.05) is 18.2 Å². The van der Waals surface area contributed by atoms with Crippen LogP contribution in [0.4, 0.5) is 0 Å². The number of nitrogens with one attached hydrogen (secondary N) is 2. The highest BCUT2D eigenvalue weighted by Crippen LogP contribution is 2.16. The van der Waals surface area contributed by atoms with Gasteiger partial charge in [0.25, 0.3) is 0 Å². The molecule has 0 spiro atoms. The second-order valence-corrected chi connectivity index (χ2v) is 7.24. The lowest BCUT2D eigenvalue weighted by molar-refractivity contribution is 0.787. The molecule has 136 valence electrons. The number of hydrogen-bond donors (Lipinski definition) is 2. The van der Waals surface area contributed by atoms with Crippen molar-refractivity contribution in [3.8, 4) is 5.69 Å². The van der Waals surface area contributed by atoms with Crippen molar-refractivity contribution < 1.29 is 0 Å². The molecule has 0 aliphatic heterocycles. The summed E-state index contributed by atoms with van der Waals surface area (Å²) in [5.74, 6) is 0.787. The summed E-state index contributed by atoms with van der Waals surface area (Å²) < 4.78 is 2.01. The zero-order valence-electron chi connectivity index (χ0n) is 15.4. The summed E-state index contributed by atoms with van der Waals surface area (Å²) >= 11 is 1.76. The Hall–Kier alpha value is -2.67. The van der Waals surface area contributed by atoms with Crippen LogP contribution in [-0.2, 0) is 13.0 Å². The molecule has 0 bridgehead atoms. The Morgan fingerprint density at radius 3 is 2.77 bits per heavy atom. The van der Waals surface area contributed by atoms with Crippen LogP contribution in [0.1, 0.15) is 21.1 Å². The summed E-state index contributed by atoms with van der Waals surface area (Å²) in [6, 6.07) is 8.27. The quantitative estimate of drug-likeness (QED) is 0.519. The maximum absolute atomic E-state index is 4.58. The minimum Gasteiger partial charge on any atom is -0.356 e. The SMILES string of the molecule is CN=C(NCCc1nc(C)c(C)s1)NCc1ccccc1-n1ccnc1. The number of para-hydroxylation sites is 1. The van der Waals surface area contributed by atoms with Gasteiger partial charge in [-0.25, -0.2) is 9.97 Å². The predicted molar refractivity (Wildman–Crippen MR) is 107 cm³/mol. The van der Waals surface area contributed by atoms with Gasteiger partial charge in [-0.05, 0) is 25.5 Å². The molecule has 7 heteroatoms. The van der Waals surface area contributed by atoms with Crippen LogP contribution in [0.25, 0.3) is 5.69 Å². The molecular weight excluding hydrogens is 344 g/mol. The standard InChI is InChI=1S/C19H24N6S/c1-14-15(2)26-18(24-14)8-9-22-19(20-3)23-12-16-6-4-5-7-17(16)25-11-10-21-13-25/h4-7,10-11,13H,8-9,12H2,1-3H3,(H2,20,22,23). The summed E-state index contributed by atoms with van der Waals surface area (Å²) in [4.78, 5) is 14.3. The normalized spacial score (nSPS) is 11.6. The van der Waals surface area contributed by atoms with Crippen molar-refractivity contribution >= 4 is 17.3 Å². The summed E-state index contributed by atoms with van der Waals surface area (Å²) in [5, 5.41) is 7.90. The number of rotatable bonds is 6. The van der Waals surface area contributed by atoms with Crippen molar-refractivity contribution in [3.05, 3.63) is 64.1 Å². The largest absolute Gasteiger partial charge is 0.356 e. The van der Waals surface area contributed by atoms with Crippen LogP contribution in [0.15, 0.2) is 48.0 Å². The number of imidazole rings is 1. The Kier molecular flexibility index (Phi) is 6.01. The molecule has 0 amide bonds. The molecule has 0 fully saturated rings. The number of aromatic nitrogens is 3. The van der Waals surface area contributed by atoms with Crippen molar-refractivity contribution in [1.29, 1.82) is 0 Å². The van der Waals surface area contributed by atoms with E-state index in [1.807, 2.05) is 29.2 Å². The average Bonchev–Trinajstić information content (AvgIpc) is 3.29. The van der Waals surface area contributed by atoms with E-state index in [1.165, 1.54) is 10.4 Å². The summed E-state index contributed by atoms with van der Waals surface area (Å²) in [6.07, 6.45) is 6.44. The van der Waals surface area contributed by atoms with Crippen molar-refractivity contribution in [2.75, 3.05) is 13.6 Å². The number of aliphatic imine (C=N–C) groups is 1. The van der Waals surface area contributed by atoms with E-state index < -0.39 is 0 Å². The van der Waals surface area contributed by atoms with Gasteiger partial charge in [0.05, 0.1) is 22.7 Å². The van der Waals surface area contributed by atoms with Gasteiger partial charge in [-0.2, -0.15) is 0 Å². The van der Waals surface area contributed by atoms with Gasteiger partial charge in [0.1, 0.15) is 0 Å². The highest BCUT2D eigenvalue weighted by molar-refractivity contribution is 7.11. The van der Waals surface area contributed by atoms with Crippen LogP contribution in [0.2, 0.25) is 0 Å². The molecule has 2 N–H and O–H groups in total. The number of hydrogen-bond acceptors (Lipinski definition) is 4. The molecular formula is C19H24N6S. The Bertz CT molecular complexity index is 847. The molecule has 0 aliphatic rings. The highest BCUT2D eigenvalue weighted by atomic mass is 32.1. The molecule has 2 aromatic heterocycles. The fraction of sp³-hybridized carbons (Fsp3) is 0.316. The zero-order chi connectivity index (χ0) is 18.4. The molecule has 0 saturated carbocycles. The van der Waals surface area contributed by atoms with Crippen LogP contribution in [-0.4, -0.2) is 34.1 Å². The van der Waals surface area contributed by atoms with Gasteiger partial charge in [-0.3, -0.25) is 4.99 Å². The first-order valence-corrected chi connectivity index (χ1v) is 9.42. The molecule has 3 rings (SSSR count). The Labute approximate surface area is 158 Å². The third-order valence-electron chi connectivity index (χ3n) is 4.15. The number of thiazole rings is 1. The van der Waals surface area contributed by atoms with Crippen molar-refractivity contribution in [2.24, 2.45) is 4.99 Å². The van der Waals surface area contributed by atoms with E-state index in [1.54, 1.807) is 24.6 Å². The molecule has 26 heavy (non-hydrogen) atoms. The minimum atomic E-state index is 0.684. The monoisotopic (exact) mass is 368 g/mol. The van der Waals surface area contributed by atoms with E-state index in [0.717, 1.165) is 35.3 Å². The number of benzene rings is 1. The van der Waals surface area contributed by atoms with Gasteiger partial charge in [0.2, 0.25) is 0 Å². The predicted octanol–water partition coefficient (Wildman–Crippen LogP) is 2.85. The number of aryl methyl sites for hydroxylation is 2. The average molecular weight is 369 g/mol. The molecule has 0 unspecified atom stereocenters. The molecule has 0 radical (unpaired) electrons. The molecule has 0 saturated heterocycles. The summed E-state index contributed by atoms with van der Waals surface area (Å²) in [6.45, 7) is 5.65. The van der Waals surface area contributed by atoms with Crippen LogP contribution in [0, 0.1) is 13.8 Å². The minimum absolute atomic E-state index is 0.684. The topological polar surface area (TPSA) is 67.1 Å². The third-order valence-corrected chi connectivity index (χ3v) is 5.28. The second kappa shape index (κ2) is 8.62. The van der Waals surface area contributed by atoms with Gasteiger partial charge in [0, 0.05) is 43.8 Å². The third kappa shape index (κ3) is 4.49. The maximum Gasteiger partial charge on any atom is 0.191 e. The fourth-order valence-corrected chi connectivity index (χ4v) is 3.58. The lowest BCUT2D eigenvalue weighted by atomic mass is 10.1. The van der Waals surface area contributed by atoms with Crippen molar-refractivity contribution in [3.63, 3.8) is 0 Å². The van der Waals surface area contributed by atoms with Gasteiger partial charge >= 0.3 is 0 Å². The lowest BCUT2D eigenvalue weighted by Gasteiger charge is -2.14. The van der Waals surface area contributed by atoms with Crippen LogP contribution >= 0.6 is 11.3 Å². The van der Waals surface area contributed by atoms with Crippen LogP contribution in [0.5, 0.6) is 0 Å². The van der Waals surface area contributed by atoms with E-state index in [0.29, 0.717) is 6.54 Å². The van der Waals surface area contributed by atoms with Crippen LogP contribution in [0.3, 0.4) is 0 Å². The Balaban J connectivity index is 1.55. The first-order chi connectivity index (χ1) is 12.7. The lowest BCUT2D eigenvalue weighted by Crippen LogP contribution is -2.38. The van der Waals surface area contributed by atoms with Gasteiger partial charge in [0.15, 0.2) is 5.96 Å². The summed E-state index contributed by atoms with van der Waals surface area (Å²) in [5.41, 5.74) is 3.42. The van der Waals surface area contributed by atoms with E-state index in [-0.39, 0.29) is 0 Å². The van der Waals surface area contributed by atoms with Crippen LogP contribution < -0.4 is 10.6 Å². The smallest absolute Gasteiger partial charge is 0.191 e. The van der Waals surface area contributed by atoms with E-state index in [9.17, 15) is 0 Å². The molecule has 0 aliphatic carbocycles. The van der Waals surface area contributed by atoms with E-state index in [2.05, 4.69) is 51.6 Å². The first kappa shape index (κ1) is 18.1. The van der Waals surface area contributed by atoms with Crippen molar-refractivity contribution in [2.45, 2.75) is 26.8 Å². The molecule has 3 aromatic rings. The fourth-order valence-electron chi connectivity index (χ4n) is 2.65. The van der Waals surface area contributed by atoms with Gasteiger partial charge < -0.3 is 15.2 Å². The Morgan fingerprint density at radius 1 is 1.23 bits per heavy atom. The molecule has 0 atom stereocenters. The summed E-state index contributed by atoms with van der Waals surface area (Å²) in [7, 11) is 1.79. The number of guanidine groups is 1. The van der Waals surface area contributed by atoms with Crippen molar-refractivity contribution in [1.82, 2.24) is 25.2 Å². The van der Waals surface area contributed by atoms with Gasteiger partial charge in [-0.15, -0.1) is 11.3 Å².